The van der Waals surface area contributed by atoms with E-state index in [1.54, 1.807) is 24.9 Å². The number of ketones is 1. The lowest BCUT2D eigenvalue weighted by molar-refractivity contribution is 0.101. The Labute approximate surface area is 98.7 Å². The Morgan fingerprint density at radius 3 is 2.69 bits per heavy atom. The summed E-state index contributed by atoms with van der Waals surface area (Å²) in [6.45, 7) is 1.58. The minimum Gasteiger partial charge on any atom is -0.295 e. The van der Waals surface area contributed by atoms with Gasteiger partial charge in [-0.3, -0.25) is 9.78 Å². The Morgan fingerprint density at radius 1 is 1.19 bits per heavy atom. The maximum Gasteiger partial charge on any atom is 0.159 e. The van der Waals surface area contributed by atoms with Crippen LogP contribution >= 0.6 is 11.8 Å². The average molecular weight is 229 g/mol. The van der Waals surface area contributed by atoms with E-state index in [-0.39, 0.29) is 5.78 Å². The molecular weight excluding hydrogens is 218 g/mol. The third-order valence-electron chi connectivity index (χ3n) is 2.11. The summed E-state index contributed by atoms with van der Waals surface area (Å²) in [7, 11) is 0. The van der Waals surface area contributed by atoms with Crippen molar-refractivity contribution in [2.45, 2.75) is 16.7 Å². The van der Waals surface area contributed by atoms with Gasteiger partial charge in [0, 0.05) is 27.7 Å². The van der Waals surface area contributed by atoms with E-state index in [4.69, 9.17) is 0 Å². The zero-order valence-corrected chi connectivity index (χ0v) is 9.70. The summed E-state index contributed by atoms with van der Waals surface area (Å²) in [5.41, 5.74) is 0.744. The molecule has 0 atom stereocenters. The number of aromatic nitrogens is 1. The van der Waals surface area contributed by atoms with Crippen LogP contribution in [0.4, 0.5) is 0 Å². The molecule has 0 N–H and O–H groups in total. The summed E-state index contributed by atoms with van der Waals surface area (Å²) in [4.78, 5) is 17.4. The van der Waals surface area contributed by atoms with Crippen LogP contribution in [0.3, 0.4) is 0 Å². The SMILES string of the molecule is CC(=O)c1cccc(Sc2cccnc2)c1. The van der Waals surface area contributed by atoms with Gasteiger partial charge in [0.25, 0.3) is 0 Å². The van der Waals surface area contributed by atoms with Crippen LogP contribution in [0.25, 0.3) is 0 Å². The molecule has 2 nitrogen and oxygen atoms in total. The highest BCUT2D eigenvalue weighted by atomic mass is 32.2. The van der Waals surface area contributed by atoms with Gasteiger partial charge in [0.1, 0.15) is 0 Å². The number of carbonyl (C=O) groups is 1. The molecule has 0 aliphatic rings. The minimum absolute atomic E-state index is 0.0913. The Hall–Kier alpha value is -1.61. The van der Waals surface area contributed by atoms with Crippen molar-refractivity contribution < 1.29 is 4.79 Å². The monoisotopic (exact) mass is 229 g/mol. The van der Waals surface area contributed by atoms with Crippen molar-refractivity contribution in [3.05, 3.63) is 54.4 Å². The fraction of sp³-hybridized carbons (Fsp3) is 0.0769. The van der Waals surface area contributed by atoms with Gasteiger partial charge in [0.05, 0.1) is 0 Å². The van der Waals surface area contributed by atoms with Gasteiger partial charge < -0.3 is 0 Å². The zero-order valence-electron chi connectivity index (χ0n) is 8.88. The van der Waals surface area contributed by atoms with Crippen molar-refractivity contribution in [3.63, 3.8) is 0 Å². The van der Waals surface area contributed by atoms with E-state index in [1.165, 1.54) is 0 Å². The lowest BCUT2D eigenvalue weighted by Crippen LogP contribution is -1.90. The Bertz CT molecular complexity index is 496. The highest BCUT2D eigenvalue weighted by Crippen LogP contribution is 2.27. The van der Waals surface area contributed by atoms with Crippen molar-refractivity contribution in [2.24, 2.45) is 0 Å². The number of carbonyl (C=O) groups excluding carboxylic acids is 1. The van der Waals surface area contributed by atoms with Gasteiger partial charge in [-0.2, -0.15) is 0 Å². The molecular formula is C13H11NOS. The predicted octanol–water partition coefficient (Wildman–Crippen LogP) is 3.44. The van der Waals surface area contributed by atoms with E-state index in [0.29, 0.717) is 0 Å². The highest BCUT2D eigenvalue weighted by Gasteiger charge is 2.01. The lowest BCUT2D eigenvalue weighted by Gasteiger charge is -2.02. The molecule has 0 amide bonds. The minimum atomic E-state index is 0.0913. The third kappa shape index (κ3) is 2.70. The first-order valence-corrected chi connectivity index (χ1v) is 5.76. The second-order valence-corrected chi connectivity index (χ2v) is 4.52. The van der Waals surface area contributed by atoms with Crippen molar-refractivity contribution >= 4 is 17.5 Å². The van der Waals surface area contributed by atoms with Gasteiger partial charge in [0.2, 0.25) is 0 Å². The van der Waals surface area contributed by atoms with Gasteiger partial charge in [-0.05, 0) is 31.2 Å². The predicted molar refractivity (Wildman–Crippen MR) is 64.8 cm³/mol. The number of rotatable bonds is 3. The molecule has 1 aromatic carbocycles. The summed E-state index contributed by atoms with van der Waals surface area (Å²) < 4.78 is 0. The molecule has 2 aromatic rings. The van der Waals surface area contributed by atoms with Gasteiger partial charge >= 0.3 is 0 Å². The van der Waals surface area contributed by atoms with Crippen molar-refractivity contribution in [3.8, 4) is 0 Å². The summed E-state index contributed by atoms with van der Waals surface area (Å²) >= 11 is 1.60. The normalized spacial score (nSPS) is 10.1. The maximum absolute atomic E-state index is 11.2. The molecule has 2 rings (SSSR count). The van der Waals surface area contributed by atoms with Crippen LogP contribution in [0.15, 0.2) is 58.6 Å². The second-order valence-electron chi connectivity index (χ2n) is 3.37. The van der Waals surface area contributed by atoms with E-state index < -0.39 is 0 Å². The van der Waals surface area contributed by atoms with Crippen LogP contribution < -0.4 is 0 Å². The maximum atomic E-state index is 11.2. The van der Waals surface area contributed by atoms with Crippen LogP contribution in [0.5, 0.6) is 0 Å². The fourth-order valence-electron chi connectivity index (χ4n) is 1.32. The summed E-state index contributed by atoms with van der Waals surface area (Å²) in [5, 5.41) is 0. The van der Waals surface area contributed by atoms with Gasteiger partial charge in [0.15, 0.2) is 5.78 Å². The van der Waals surface area contributed by atoms with E-state index >= 15 is 0 Å². The first-order valence-electron chi connectivity index (χ1n) is 4.94. The Balaban J connectivity index is 2.22. The van der Waals surface area contributed by atoms with Gasteiger partial charge in [-0.1, -0.05) is 23.9 Å². The number of pyridine rings is 1. The molecule has 0 unspecified atom stereocenters. The third-order valence-corrected chi connectivity index (χ3v) is 3.08. The number of nitrogens with zero attached hydrogens (tertiary/aromatic N) is 1. The van der Waals surface area contributed by atoms with Crippen molar-refractivity contribution in [1.82, 2.24) is 4.98 Å². The second kappa shape index (κ2) is 4.94. The first-order chi connectivity index (χ1) is 7.75. The molecule has 1 aromatic heterocycles. The van der Waals surface area contributed by atoms with E-state index in [0.717, 1.165) is 15.4 Å². The molecule has 1 heterocycles. The molecule has 16 heavy (non-hydrogen) atoms. The smallest absolute Gasteiger partial charge is 0.159 e. The molecule has 0 saturated heterocycles. The van der Waals surface area contributed by atoms with Crippen molar-refractivity contribution in [1.29, 1.82) is 0 Å². The van der Waals surface area contributed by atoms with E-state index in [1.807, 2.05) is 42.6 Å². The molecule has 0 radical (unpaired) electrons. The summed E-state index contributed by atoms with van der Waals surface area (Å²) in [6.07, 6.45) is 3.56. The number of hydrogen-bond donors (Lipinski definition) is 0. The molecule has 80 valence electrons. The van der Waals surface area contributed by atoms with Crippen LogP contribution in [0, 0.1) is 0 Å². The number of benzene rings is 1. The van der Waals surface area contributed by atoms with Gasteiger partial charge in [-0.15, -0.1) is 0 Å². The molecule has 0 spiro atoms. The molecule has 3 heteroatoms. The standard InChI is InChI=1S/C13H11NOS/c1-10(15)11-4-2-5-12(8-11)16-13-6-3-7-14-9-13/h2-9H,1H3. The highest BCUT2D eigenvalue weighted by molar-refractivity contribution is 7.99. The van der Waals surface area contributed by atoms with Crippen LogP contribution in [-0.2, 0) is 0 Å². The lowest BCUT2D eigenvalue weighted by atomic mass is 10.2. The Kier molecular flexibility index (Phi) is 3.37. The molecule has 0 fully saturated rings. The van der Waals surface area contributed by atoms with Crippen molar-refractivity contribution in [2.75, 3.05) is 0 Å². The molecule has 0 aliphatic carbocycles. The topological polar surface area (TPSA) is 30.0 Å². The zero-order chi connectivity index (χ0) is 11.4. The van der Waals surface area contributed by atoms with Crippen LogP contribution in [0.1, 0.15) is 17.3 Å². The molecule has 0 saturated carbocycles. The summed E-state index contributed by atoms with van der Waals surface area (Å²) in [5.74, 6) is 0.0913. The molecule has 0 bridgehead atoms. The number of hydrogen-bond acceptors (Lipinski definition) is 3. The number of Topliss-reactive ketones (excluding diaryl/α,β-unsaturated/α-hetero) is 1. The van der Waals surface area contributed by atoms with Gasteiger partial charge in [-0.25, -0.2) is 0 Å². The van der Waals surface area contributed by atoms with E-state index in [2.05, 4.69) is 4.98 Å². The van der Waals surface area contributed by atoms with E-state index in [9.17, 15) is 4.79 Å². The van der Waals surface area contributed by atoms with Crippen LogP contribution in [-0.4, -0.2) is 10.8 Å². The quantitative estimate of drug-likeness (QED) is 0.755. The first kappa shape index (κ1) is 10.9. The fourth-order valence-corrected chi connectivity index (χ4v) is 2.19. The average Bonchev–Trinajstić information content (AvgIpc) is 2.30. The Morgan fingerprint density at radius 2 is 2.00 bits per heavy atom. The molecule has 0 aliphatic heterocycles. The largest absolute Gasteiger partial charge is 0.295 e. The summed E-state index contributed by atoms with van der Waals surface area (Å²) in [6, 6.07) is 11.5. The van der Waals surface area contributed by atoms with Crippen LogP contribution in [0.2, 0.25) is 0 Å².